The van der Waals surface area contributed by atoms with Gasteiger partial charge in [0.2, 0.25) is 0 Å². The average Bonchev–Trinajstić information content (AvgIpc) is 2.13. The molecule has 1 heteroatoms. The van der Waals surface area contributed by atoms with Crippen molar-refractivity contribution in [3.05, 3.63) is 42.0 Å². The van der Waals surface area contributed by atoms with Crippen molar-refractivity contribution in [1.82, 2.24) is 0 Å². The number of aryl methyl sites for hydroxylation is 1. The van der Waals surface area contributed by atoms with Gasteiger partial charge >= 0.3 is 0 Å². The van der Waals surface area contributed by atoms with Gasteiger partial charge in [0.25, 0.3) is 0 Å². The molecule has 1 rings (SSSR count). The van der Waals surface area contributed by atoms with E-state index in [-0.39, 0.29) is 11.2 Å². The SMILES string of the molecule is C=Cc1ccccc1C.CC(C)(C)OC(C)(C)C. The van der Waals surface area contributed by atoms with Crippen LogP contribution in [-0.4, -0.2) is 11.2 Å². The van der Waals surface area contributed by atoms with E-state index < -0.39 is 0 Å². The lowest BCUT2D eigenvalue weighted by molar-refractivity contribution is -0.102. The summed E-state index contributed by atoms with van der Waals surface area (Å²) in [4.78, 5) is 0. The van der Waals surface area contributed by atoms with Crippen LogP contribution in [0, 0.1) is 6.92 Å². The Morgan fingerprint density at radius 1 is 0.944 bits per heavy atom. The molecule has 18 heavy (non-hydrogen) atoms. The van der Waals surface area contributed by atoms with Crippen LogP contribution in [0.2, 0.25) is 0 Å². The summed E-state index contributed by atoms with van der Waals surface area (Å²) in [5.74, 6) is 0. The van der Waals surface area contributed by atoms with Gasteiger partial charge in [0.05, 0.1) is 11.2 Å². The van der Waals surface area contributed by atoms with Crippen LogP contribution in [0.4, 0.5) is 0 Å². The zero-order valence-electron chi connectivity index (χ0n) is 13.0. The molecule has 102 valence electrons. The maximum atomic E-state index is 5.62. The Hall–Kier alpha value is -1.08. The Bertz CT molecular complexity index is 352. The highest BCUT2D eigenvalue weighted by atomic mass is 16.5. The molecule has 0 aliphatic carbocycles. The predicted octanol–water partition coefficient (Wildman–Crippen LogP) is 5.24. The van der Waals surface area contributed by atoms with E-state index in [9.17, 15) is 0 Å². The van der Waals surface area contributed by atoms with E-state index in [4.69, 9.17) is 4.74 Å². The number of benzene rings is 1. The first kappa shape index (κ1) is 16.9. The maximum absolute atomic E-state index is 5.62. The smallest absolute Gasteiger partial charge is 0.0605 e. The normalized spacial score (nSPS) is 11.5. The first-order valence-corrected chi connectivity index (χ1v) is 6.43. The molecule has 0 aromatic heterocycles. The molecule has 1 aromatic carbocycles. The van der Waals surface area contributed by atoms with Crippen molar-refractivity contribution in [2.75, 3.05) is 0 Å². The highest BCUT2D eigenvalue weighted by Crippen LogP contribution is 2.18. The first-order valence-electron chi connectivity index (χ1n) is 6.43. The zero-order valence-corrected chi connectivity index (χ0v) is 13.0. The fraction of sp³-hybridized carbons (Fsp3) is 0.529. The van der Waals surface area contributed by atoms with Crippen molar-refractivity contribution >= 4 is 6.08 Å². The molecule has 0 heterocycles. The van der Waals surface area contributed by atoms with Crippen molar-refractivity contribution in [3.8, 4) is 0 Å². The van der Waals surface area contributed by atoms with E-state index in [1.54, 1.807) is 0 Å². The number of hydrogen-bond acceptors (Lipinski definition) is 1. The molecule has 0 saturated carbocycles. The van der Waals surface area contributed by atoms with Crippen LogP contribution in [0.15, 0.2) is 30.8 Å². The van der Waals surface area contributed by atoms with Crippen molar-refractivity contribution in [3.63, 3.8) is 0 Å². The molecule has 1 aromatic rings. The van der Waals surface area contributed by atoms with E-state index in [0.717, 1.165) is 0 Å². The summed E-state index contributed by atoms with van der Waals surface area (Å²) in [7, 11) is 0. The van der Waals surface area contributed by atoms with Gasteiger partial charge in [-0.2, -0.15) is 0 Å². The summed E-state index contributed by atoms with van der Waals surface area (Å²) in [5.41, 5.74) is 2.47. The molecule has 0 aliphatic rings. The molecule has 0 spiro atoms. The van der Waals surface area contributed by atoms with Crippen LogP contribution in [0.1, 0.15) is 52.7 Å². The van der Waals surface area contributed by atoms with Crippen LogP contribution in [-0.2, 0) is 4.74 Å². The van der Waals surface area contributed by atoms with E-state index in [2.05, 4.69) is 67.2 Å². The molecule has 1 nitrogen and oxygen atoms in total. The molecule has 0 saturated heterocycles. The third-order valence-electron chi connectivity index (χ3n) is 2.02. The van der Waals surface area contributed by atoms with Crippen LogP contribution >= 0.6 is 0 Å². The molecule has 0 amide bonds. The van der Waals surface area contributed by atoms with Gasteiger partial charge in [-0.15, -0.1) is 0 Å². The van der Waals surface area contributed by atoms with Crippen LogP contribution in [0.3, 0.4) is 0 Å². The molecule has 0 bridgehead atoms. The summed E-state index contributed by atoms with van der Waals surface area (Å²) < 4.78 is 5.62. The number of ether oxygens (including phenoxy) is 1. The summed E-state index contributed by atoms with van der Waals surface area (Å²) in [6.45, 7) is 18.2. The third-order valence-corrected chi connectivity index (χ3v) is 2.02. The van der Waals surface area contributed by atoms with Crippen molar-refractivity contribution in [1.29, 1.82) is 0 Å². The van der Waals surface area contributed by atoms with Crippen LogP contribution in [0.5, 0.6) is 0 Å². The van der Waals surface area contributed by atoms with Crippen LogP contribution in [0.25, 0.3) is 6.08 Å². The molecule has 0 aliphatic heterocycles. The Labute approximate surface area is 113 Å². The molecular weight excluding hydrogens is 220 g/mol. The van der Waals surface area contributed by atoms with Gasteiger partial charge in [-0.25, -0.2) is 0 Å². The number of hydrogen-bond donors (Lipinski definition) is 0. The molecular formula is C17H28O. The monoisotopic (exact) mass is 248 g/mol. The van der Waals surface area contributed by atoms with Crippen molar-refractivity contribution < 1.29 is 4.74 Å². The first-order chi connectivity index (χ1) is 8.05. The van der Waals surface area contributed by atoms with Gasteiger partial charge in [0.15, 0.2) is 0 Å². The van der Waals surface area contributed by atoms with Crippen LogP contribution < -0.4 is 0 Å². The lowest BCUT2D eigenvalue weighted by Crippen LogP contribution is -2.31. The van der Waals surface area contributed by atoms with Gasteiger partial charge in [-0.3, -0.25) is 0 Å². The van der Waals surface area contributed by atoms with Gasteiger partial charge in [-0.05, 0) is 59.6 Å². The Kier molecular flexibility index (Phi) is 6.34. The van der Waals surface area contributed by atoms with Gasteiger partial charge < -0.3 is 4.74 Å². The highest BCUT2D eigenvalue weighted by Gasteiger charge is 2.19. The molecule has 0 unspecified atom stereocenters. The summed E-state index contributed by atoms with van der Waals surface area (Å²) in [5, 5.41) is 0. The van der Waals surface area contributed by atoms with Crippen molar-refractivity contribution in [2.45, 2.75) is 59.7 Å². The van der Waals surface area contributed by atoms with E-state index in [0.29, 0.717) is 0 Å². The molecule has 0 fully saturated rings. The minimum atomic E-state index is -0.0156. The lowest BCUT2D eigenvalue weighted by atomic mass is 10.1. The minimum Gasteiger partial charge on any atom is -0.370 e. The Balaban J connectivity index is 0.000000321. The second kappa shape index (κ2) is 6.75. The molecule has 0 atom stereocenters. The predicted molar refractivity (Wildman–Crippen MR) is 81.9 cm³/mol. The zero-order chi connectivity index (χ0) is 14.4. The Morgan fingerprint density at radius 2 is 1.39 bits per heavy atom. The molecule has 0 radical (unpaired) electrons. The lowest BCUT2D eigenvalue weighted by Gasteiger charge is -2.30. The van der Waals surface area contributed by atoms with Crippen molar-refractivity contribution in [2.24, 2.45) is 0 Å². The third kappa shape index (κ3) is 9.00. The summed E-state index contributed by atoms with van der Waals surface area (Å²) in [6.07, 6.45) is 1.87. The van der Waals surface area contributed by atoms with E-state index >= 15 is 0 Å². The second-order valence-electron chi connectivity index (χ2n) is 6.39. The average molecular weight is 248 g/mol. The maximum Gasteiger partial charge on any atom is 0.0605 e. The fourth-order valence-corrected chi connectivity index (χ4v) is 1.73. The molecule has 0 N–H and O–H groups in total. The van der Waals surface area contributed by atoms with Gasteiger partial charge in [0, 0.05) is 0 Å². The van der Waals surface area contributed by atoms with Gasteiger partial charge in [-0.1, -0.05) is 36.9 Å². The minimum absolute atomic E-state index is 0.0156. The van der Waals surface area contributed by atoms with Gasteiger partial charge in [0.1, 0.15) is 0 Å². The topological polar surface area (TPSA) is 9.23 Å². The van der Waals surface area contributed by atoms with E-state index in [1.807, 2.05) is 18.2 Å². The highest BCUT2D eigenvalue weighted by molar-refractivity contribution is 5.50. The standard InChI is InChI=1S/C9H10.C8H18O/c1-3-9-7-5-4-6-8(9)2;1-7(2,3)9-8(4,5)6/h3-7H,1H2,2H3;1-6H3. The quantitative estimate of drug-likeness (QED) is 0.660. The largest absolute Gasteiger partial charge is 0.370 e. The van der Waals surface area contributed by atoms with E-state index in [1.165, 1.54) is 11.1 Å². The Morgan fingerprint density at radius 3 is 1.61 bits per heavy atom. The summed E-state index contributed by atoms with van der Waals surface area (Å²) >= 11 is 0. The second-order valence-corrected chi connectivity index (χ2v) is 6.39. The fourth-order valence-electron chi connectivity index (χ4n) is 1.73. The summed E-state index contributed by atoms with van der Waals surface area (Å²) in [6, 6.07) is 8.19. The number of rotatable bonds is 1.